The maximum absolute atomic E-state index is 13.2. The monoisotopic (exact) mass is 395 g/mol. The topological polar surface area (TPSA) is 65.1 Å². The predicted octanol–water partition coefficient (Wildman–Crippen LogP) is 4.46. The molecule has 2 saturated heterocycles. The Morgan fingerprint density at radius 1 is 1.14 bits per heavy atom. The summed E-state index contributed by atoms with van der Waals surface area (Å²) in [7, 11) is -0.426. The summed E-state index contributed by atoms with van der Waals surface area (Å²) in [5.74, 6) is 0.224. The minimum atomic E-state index is -0.573. The molecule has 0 bridgehead atoms. The summed E-state index contributed by atoms with van der Waals surface area (Å²) in [5.41, 5.74) is -1.43. The number of ether oxygens (including phenoxy) is 1. The van der Waals surface area contributed by atoms with Crippen LogP contribution in [-0.4, -0.2) is 53.3 Å². The van der Waals surface area contributed by atoms with Gasteiger partial charge in [-0.25, -0.2) is 4.79 Å². The van der Waals surface area contributed by atoms with Gasteiger partial charge in [0, 0.05) is 18.8 Å². The van der Waals surface area contributed by atoms with Crippen LogP contribution < -0.4 is 0 Å². The Morgan fingerprint density at radius 2 is 1.68 bits per heavy atom. The largest absolute Gasteiger partial charge is 0.461 e. The molecule has 160 valence electrons. The number of carbonyl (C=O) groups excluding carboxylic acids is 2. The molecule has 2 heterocycles. The second-order valence-corrected chi connectivity index (χ2v) is 10.5. The molecule has 0 aromatic carbocycles. The maximum atomic E-state index is 13.2. The lowest BCUT2D eigenvalue weighted by Crippen LogP contribution is -2.44. The van der Waals surface area contributed by atoms with E-state index in [2.05, 4.69) is 13.8 Å². The van der Waals surface area contributed by atoms with E-state index in [0.717, 1.165) is 6.42 Å². The molecular weight excluding hydrogens is 357 g/mol. The normalized spacial score (nSPS) is 25.3. The van der Waals surface area contributed by atoms with Gasteiger partial charge in [0.2, 0.25) is 0 Å². The average molecular weight is 395 g/mol. The number of hydrogen-bond donors (Lipinski definition) is 0. The van der Waals surface area contributed by atoms with Crippen LogP contribution in [0.25, 0.3) is 0 Å². The maximum Gasteiger partial charge on any atom is 0.461 e. The van der Waals surface area contributed by atoms with Crippen molar-refractivity contribution in [3.63, 3.8) is 0 Å². The van der Waals surface area contributed by atoms with Gasteiger partial charge in [0.15, 0.2) is 5.78 Å². The van der Waals surface area contributed by atoms with Gasteiger partial charge in [-0.15, -0.1) is 0 Å². The molecule has 0 aromatic heterocycles. The Kier molecular flexibility index (Phi) is 6.61. The van der Waals surface area contributed by atoms with Crippen LogP contribution in [-0.2, 0) is 18.8 Å². The molecule has 2 rings (SSSR count). The van der Waals surface area contributed by atoms with E-state index in [-0.39, 0.29) is 17.5 Å². The molecule has 0 radical (unpaired) electrons. The Balaban J connectivity index is 2.09. The van der Waals surface area contributed by atoms with E-state index < -0.39 is 36.1 Å². The third kappa shape index (κ3) is 5.09. The van der Waals surface area contributed by atoms with Crippen LogP contribution in [0, 0.1) is 5.92 Å². The van der Waals surface area contributed by atoms with Crippen molar-refractivity contribution in [1.82, 2.24) is 4.90 Å². The zero-order chi connectivity index (χ0) is 21.5. The molecule has 1 amide bonds. The Morgan fingerprint density at radius 3 is 2.14 bits per heavy atom. The third-order valence-electron chi connectivity index (χ3n) is 6.17. The number of hydrogen-bond acceptors (Lipinski definition) is 5. The molecule has 0 N–H and O–H groups in total. The first-order valence-electron chi connectivity index (χ1n) is 10.5. The number of nitrogens with zero attached hydrogens (tertiary/aromatic N) is 1. The summed E-state index contributed by atoms with van der Waals surface area (Å²) in [5, 5.41) is 0. The zero-order valence-corrected chi connectivity index (χ0v) is 19.1. The molecule has 0 saturated carbocycles. The number of rotatable bonds is 5. The van der Waals surface area contributed by atoms with E-state index in [9.17, 15) is 9.59 Å². The SMILES string of the molecule is CC(C)C(CC(=O)[C@H]1CCCN1C(=O)OC(C)(C)C)B1OC(C)(C)C(C)(C)O1. The highest BCUT2D eigenvalue weighted by Gasteiger charge is 2.54. The van der Waals surface area contributed by atoms with Crippen LogP contribution in [0.3, 0.4) is 0 Å². The molecule has 7 heteroatoms. The second-order valence-electron chi connectivity index (χ2n) is 10.5. The Labute approximate surface area is 170 Å². The number of ketones is 1. The van der Waals surface area contributed by atoms with Crippen LogP contribution in [0.5, 0.6) is 0 Å². The third-order valence-corrected chi connectivity index (χ3v) is 6.17. The predicted molar refractivity (Wildman–Crippen MR) is 110 cm³/mol. The van der Waals surface area contributed by atoms with Gasteiger partial charge < -0.3 is 14.0 Å². The zero-order valence-electron chi connectivity index (χ0n) is 19.1. The fourth-order valence-corrected chi connectivity index (χ4v) is 3.72. The lowest BCUT2D eigenvalue weighted by atomic mass is 9.63. The number of likely N-dealkylation sites (tertiary alicyclic amines) is 1. The second kappa shape index (κ2) is 7.98. The van der Waals surface area contributed by atoms with Crippen molar-refractivity contribution in [3.8, 4) is 0 Å². The molecule has 2 aliphatic rings. The van der Waals surface area contributed by atoms with Crippen LogP contribution in [0.1, 0.15) is 81.6 Å². The lowest BCUT2D eigenvalue weighted by Gasteiger charge is -2.32. The van der Waals surface area contributed by atoms with E-state index in [4.69, 9.17) is 14.0 Å². The van der Waals surface area contributed by atoms with Gasteiger partial charge in [-0.05, 0) is 67.2 Å². The molecule has 0 spiro atoms. The van der Waals surface area contributed by atoms with Crippen LogP contribution in [0.4, 0.5) is 4.79 Å². The lowest BCUT2D eigenvalue weighted by molar-refractivity contribution is -0.123. The summed E-state index contributed by atoms with van der Waals surface area (Å²) in [4.78, 5) is 27.3. The van der Waals surface area contributed by atoms with Crippen molar-refractivity contribution < 1.29 is 23.6 Å². The first kappa shape index (κ1) is 23.2. The smallest absolute Gasteiger partial charge is 0.444 e. The molecule has 2 atom stereocenters. The fourth-order valence-electron chi connectivity index (χ4n) is 3.72. The van der Waals surface area contributed by atoms with Crippen LogP contribution >= 0.6 is 0 Å². The van der Waals surface area contributed by atoms with Gasteiger partial charge in [-0.1, -0.05) is 13.8 Å². The minimum Gasteiger partial charge on any atom is -0.444 e. The van der Waals surface area contributed by atoms with Crippen molar-refractivity contribution in [3.05, 3.63) is 0 Å². The van der Waals surface area contributed by atoms with Gasteiger partial charge in [0.05, 0.1) is 17.2 Å². The van der Waals surface area contributed by atoms with E-state index in [1.807, 2.05) is 48.5 Å². The molecule has 6 nitrogen and oxygen atoms in total. The molecule has 0 aromatic rings. The molecule has 28 heavy (non-hydrogen) atoms. The van der Waals surface area contributed by atoms with Gasteiger partial charge in [-0.2, -0.15) is 0 Å². The van der Waals surface area contributed by atoms with Gasteiger partial charge in [0.25, 0.3) is 0 Å². The molecular formula is C21H38BNO5. The van der Waals surface area contributed by atoms with Crippen molar-refractivity contribution >= 4 is 19.0 Å². The summed E-state index contributed by atoms with van der Waals surface area (Å²) in [6, 6.07) is -0.418. The van der Waals surface area contributed by atoms with Crippen molar-refractivity contribution in [1.29, 1.82) is 0 Å². The fraction of sp³-hybridized carbons (Fsp3) is 0.905. The summed E-state index contributed by atoms with van der Waals surface area (Å²) < 4.78 is 17.9. The van der Waals surface area contributed by atoms with Crippen LogP contribution in [0.2, 0.25) is 5.82 Å². The number of carbonyl (C=O) groups is 2. The van der Waals surface area contributed by atoms with Crippen LogP contribution in [0.15, 0.2) is 0 Å². The van der Waals surface area contributed by atoms with Gasteiger partial charge >= 0.3 is 13.2 Å². The molecule has 2 fully saturated rings. The minimum absolute atomic E-state index is 0.0605. The molecule has 0 aliphatic carbocycles. The van der Waals surface area contributed by atoms with E-state index in [1.165, 1.54) is 0 Å². The first-order valence-corrected chi connectivity index (χ1v) is 10.5. The van der Waals surface area contributed by atoms with Crippen molar-refractivity contribution in [2.24, 2.45) is 5.92 Å². The summed E-state index contributed by atoms with van der Waals surface area (Å²) in [6.45, 7) is 18.3. The average Bonchev–Trinajstić information content (AvgIpc) is 3.05. The van der Waals surface area contributed by atoms with Gasteiger partial charge in [0.1, 0.15) is 5.60 Å². The number of amides is 1. The van der Waals surface area contributed by atoms with Gasteiger partial charge in [-0.3, -0.25) is 9.69 Å². The van der Waals surface area contributed by atoms with Crippen molar-refractivity contribution in [2.45, 2.75) is 110 Å². The van der Waals surface area contributed by atoms with Crippen molar-refractivity contribution in [2.75, 3.05) is 6.54 Å². The highest BCUT2D eigenvalue weighted by molar-refractivity contribution is 6.48. The summed E-state index contributed by atoms with van der Waals surface area (Å²) in [6.07, 6.45) is 1.43. The summed E-state index contributed by atoms with van der Waals surface area (Å²) >= 11 is 0. The quantitative estimate of drug-likeness (QED) is 0.643. The van der Waals surface area contributed by atoms with E-state index in [0.29, 0.717) is 19.4 Å². The highest BCUT2D eigenvalue weighted by atomic mass is 16.7. The highest BCUT2D eigenvalue weighted by Crippen LogP contribution is 2.43. The Bertz CT molecular complexity index is 580. The molecule has 1 unspecified atom stereocenters. The molecule has 2 aliphatic heterocycles. The van der Waals surface area contributed by atoms with E-state index in [1.54, 1.807) is 4.90 Å². The number of Topliss-reactive ketones (excluding diaryl/α,β-unsaturated/α-hetero) is 1. The first-order chi connectivity index (χ1) is 12.6. The van der Waals surface area contributed by atoms with E-state index >= 15 is 0 Å². The standard InChI is InChI=1S/C21H38BNO5/c1-14(2)15(22-27-20(6,7)21(8,9)28-22)13-17(24)16-11-10-12-23(16)18(25)26-19(3,4)5/h14-16H,10-13H2,1-9H3/t15?,16-/m1/s1. The Hall–Kier alpha value is -1.08.